The van der Waals surface area contributed by atoms with Crippen LogP contribution in [0, 0.1) is 19.8 Å². The number of nitrogens with one attached hydrogen (secondary N) is 1. The number of nitrogens with zero attached hydrogens (tertiary/aromatic N) is 2. The van der Waals surface area contributed by atoms with Crippen molar-refractivity contribution in [3.05, 3.63) is 80.8 Å². The maximum Gasteiger partial charge on any atom is 0.241 e. The third-order valence-corrected chi connectivity index (χ3v) is 8.21. The minimum atomic E-state index is -3.68. The van der Waals surface area contributed by atoms with Crippen molar-refractivity contribution < 1.29 is 8.42 Å². The van der Waals surface area contributed by atoms with Crippen molar-refractivity contribution in [3.63, 3.8) is 0 Å². The van der Waals surface area contributed by atoms with Crippen LogP contribution < -0.4 is 9.73 Å². The van der Waals surface area contributed by atoms with Crippen LogP contribution >= 0.6 is 34.8 Å². The van der Waals surface area contributed by atoms with Gasteiger partial charge in [-0.2, -0.15) is 5.10 Å². The van der Waals surface area contributed by atoms with Gasteiger partial charge in [-0.25, -0.2) is 13.1 Å². The fourth-order valence-electron chi connectivity index (χ4n) is 4.08. The lowest BCUT2D eigenvalue weighted by Crippen LogP contribution is -2.34. The van der Waals surface area contributed by atoms with E-state index in [0.29, 0.717) is 27.1 Å². The third-order valence-electron chi connectivity index (χ3n) is 5.85. The van der Waals surface area contributed by atoms with Gasteiger partial charge in [0.15, 0.2) is 0 Å². The Kier molecular flexibility index (Phi) is 7.22. The molecule has 0 saturated heterocycles. The first-order valence-corrected chi connectivity index (χ1v) is 13.2. The highest BCUT2D eigenvalue weighted by Gasteiger charge is 2.35. The van der Waals surface area contributed by atoms with E-state index >= 15 is 0 Å². The Morgan fingerprint density at radius 2 is 1.91 bits per heavy atom. The molecule has 1 aliphatic carbocycles. The lowest BCUT2D eigenvalue weighted by atomic mass is 9.89. The number of anilines is 1. The van der Waals surface area contributed by atoms with E-state index in [4.69, 9.17) is 39.9 Å². The number of halogens is 3. The number of hydrogen-bond donors (Lipinski definition) is 1. The molecule has 1 aliphatic heterocycles. The van der Waals surface area contributed by atoms with E-state index in [9.17, 15) is 8.42 Å². The van der Waals surface area contributed by atoms with Gasteiger partial charge in [0.1, 0.15) is 0 Å². The van der Waals surface area contributed by atoms with Crippen LogP contribution in [0.5, 0.6) is 0 Å². The Bertz CT molecular complexity index is 1270. The lowest BCUT2D eigenvalue weighted by molar-refractivity contribution is 0.499. The zero-order chi connectivity index (χ0) is 23.8. The number of benzene rings is 2. The summed E-state index contributed by atoms with van der Waals surface area (Å²) < 4.78 is 28.7. The van der Waals surface area contributed by atoms with Gasteiger partial charge >= 0.3 is 0 Å². The number of sulfonamides is 1. The molecule has 0 fully saturated rings. The summed E-state index contributed by atoms with van der Waals surface area (Å²) in [5.41, 5.74) is 3.05. The lowest BCUT2D eigenvalue weighted by Gasteiger charge is -2.30. The number of hydrazone groups is 1. The Labute approximate surface area is 209 Å². The first kappa shape index (κ1) is 24.3. The summed E-state index contributed by atoms with van der Waals surface area (Å²) >= 11 is 18.7. The zero-order valence-corrected chi connectivity index (χ0v) is 21.3. The number of aryl methyl sites for hydroxylation is 2. The summed E-state index contributed by atoms with van der Waals surface area (Å²) in [6.45, 7) is 3.77. The molecule has 1 heterocycles. The number of hydrogen-bond acceptors (Lipinski definition) is 4. The quantitative estimate of drug-likeness (QED) is 0.488. The molecule has 2 aromatic carbocycles. The second kappa shape index (κ2) is 9.80. The molecule has 1 unspecified atom stereocenters. The summed E-state index contributed by atoms with van der Waals surface area (Å²) in [6.07, 6.45) is 7.30. The highest BCUT2D eigenvalue weighted by Crippen LogP contribution is 2.38. The largest absolute Gasteiger partial charge is 0.260 e. The highest BCUT2D eigenvalue weighted by atomic mass is 35.5. The molecule has 0 amide bonds. The van der Waals surface area contributed by atoms with Gasteiger partial charge in [-0.15, -0.1) is 0 Å². The van der Waals surface area contributed by atoms with E-state index in [1.165, 1.54) is 0 Å². The molecule has 2 aromatic rings. The number of rotatable bonds is 6. The van der Waals surface area contributed by atoms with Crippen LogP contribution in [0.15, 0.2) is 69.7 Å². The van der Waals surface area contributed by atoms with Gasteiger partial charge in [0.25, 0.3) is 0 Å². The minimum absolute atomic E-state index is 0.0267. The van der Waals surface area contributed by atoms with E-state index in [2.05, 4.69) is 10.8 Å². The summed E-state index contributed by atoms with van der Waals surface area (Å²) in [5.74, 6) is 0.149. The van der Waals surface area contributed by atoms with Gasteiger partial charge in [-0.05, 0) is 61.7 Å². The van der Waals surface area contributed by atoms with Crippen molar-refractivity contribution >= 4 is 56.2 Å². The van der Waals surface area contributed by atoms with Crippen LogP contribution in [0.4, 0.5) is 5.69 Å². The molecule has 2 aliphatic rings. The van der Waals surface area contributed by atoms with Crippen LogP contribution in [0.3, 0.4) is 0 Å². The molecule has 2 atom stereocenters. The second-order valence-electron chi connectivity index (χ2n) is 8.32. The van der Waals surface area contributed by atoms with Crippen molar-refractivity contribution in [2.45, 2.75) is 37.6 Å². The summed E-state index contributed by atoms with van der Waals surface area (Å²) in [4.78, 5) is 0.283. The average molecular weight is 525 g/mol. The molecule has 0 saturated carbocycles. The minimum Gasteiger partial charge on any atom is -0.260 e. The molecule has 33 heavy (non-hydrogen) atoms. The van der Waals surface area contributed by atoms with Gasteiger partial charge < -0.3 is 0 Å². The Morgan fingerprint density at radius 1 is 1.12 bits per heavy atom. The maximum absolute atomic E-state index is 13.0. The van der Waals surface area contributed by atoms with Crippen LogP contribution in [-0.4, -0.2) is 26.7 Å². The topological polar surface area (TPSA) is 61.8 Å². The molecule has 0 spiro atoms. The second-order valence-corrected chi connectivity index (χ2v) is 11.3. The molecule has 0 bridgehead atoms. The van der Waals surface area contributed by atoms with Gasteiger partial charge in [-0.3, -0.25) is 5.01 Å². The molecule has 9 heteroatoms. The van der Waals surface area contributed by atoms with Crippen LogP contribution in [0.1, 0.15) is 24.0 Å². The molecule has 5 nitrogen and oxygen atoms in total. The van der Waals surface area contributed by atoms with Crippen LogP contribution in [0.25, 0.3) is 0 Å². The molecule has 174 valence electrons. The van der Waals surface area contributed by atoms with Crippen molar-refractivity contribution in [1.29, 1.82) is 0 Å². The van der Waals surface area contributed by atoms with Crippen molar-refractivity contribution in [2.24, 2.45) is 11.0 Å². The Morgan fingerprint density at radius 3 is 2.61 bits per heavy atom. The fraction of sp³-hybridized carbons (Fsp3) is 0.292. The van der Waals surface area contributed by atoms with Crippen LogP contribution in [0.2, 0.25) is 10.0 Å². The average Bonchev–Trinajstić information content (AvgIpc) is 3.18. The molecular formula is C24H24Cl3N3O2S. The standard InChI is InChI=1S/C24H24Cl3N3O2S/c1-15-3-4-16(2)24(11-15)33(31,32)28-14-20-13-23(17-5-7-18(25)8-6-17)30(29-20)22-10-9-19(26)12-21(22)27/h3-5,7-12,17,23,28H,6,13-14H2,1-2H3/t17?,23-/m0/s1. The van der Waals surface area contributed by atoms with E-state index in [-0.39, 0.29) is 23.4 Å². The number of allylic oxidation sites excluding steroid dienone is 3. The molecule has 1 N–H and O–H groups in total. The smallest absolute Gasteiger partial charge is 0.241 e. The van der Waals surface area contributed by atoms with Crippen molar-refractivity contribution in [3.8, 4) is 0 Å². The first-order valence-electron chi connectivity index (χ1n) is 10.6. The molecular weight excluding hydrogens is 501 g/mol. The van der Waals surface area contributed by atoms with E-state index in [1.807, 2.05) is 42.3 Å². The van der Waals surface area contributed by atoms with Crippen molar-refractivity contribution in [1.82, 2.24) is 4.72 Å². The SMILES string of the molecule is Cc1ccc(C)c(S(=O)(=O)NCC2=NN(c3ccc(Cl)cc3Cl)[C@H](C3C=CC(Cl)=CC3)C2)c1. The highest BCUT2D eigenvalue weighted by molar-refractivity contribution is 7.89. The van der Waals surface area contributed by atoms with Crippen LogP contribution in [-0.2, 0) is 10.0 Å². The summed E-state index contributed by atoms with van der Waals surface area (Å²) in [5, 5.41) is 8.38. The molecule has 0 aromatic heterocycles. The summed E-state index contributed by atoms with van der Waals surface area (Å²) in [6, 6.07) is 10.6. The monoisotopic (exact) mass is 523 g/mol. The molecule has 0 radical (unpaired) electrons. The van der Waals surface area contributed by atoms with Gasteiger partial charge in [0.2, 0.25) is 10.0 Å². The fourth-order valence-corrected chi connectivity index (χ4v) is 6.09. The summed E-state index contributed by atoms with van der Waals surface area (Å²) in [7, 11) is -3.68. The Balaban J connectivity index is 1.59. The Hall–Kier alpha value is -1.83. The molecule has 4 rings (SSSR count). The predicted octanol–water partition coefficient (Wildman–Crippen LogP) is 6.22. The third kappa shape index (κ3) is 5.47. The predicted molar refractivity (Wildman–Crippen MR) is 137 cm³/mol. The normalized spacial score (nSPS) is 20.7. The van der Waals surface area contributed by atoms with E-state index in [1.54, 1.807) is 25.1 Å². The van der Waals surface area contributed by atoms with Gasteiger partial charge in [0, 0.05) is 22.4 Å². The maximum atomic E-state index is 13.0. The van der Waals surface area contributed by atoms with Gasteiger partial charge in [-0.1, -0.05) is 59.1 Å². The zero-order valence-electron chi connectivity index (χ0n) is 18.2. The van der Waals surface area contributed by atoms with Crippen molar-refractivity contribution in [2.75, 3.05) is 11.6 Å². The first-order chi connectivity index (χ1) is 15.6. The van der Waals surface area contributed by atoms with E-state index in [0.717, 1.165) is 23.4 Å². The van der Waals surface area contributed by atoms with Gasteiger partial charge in [0.05, 0.1) is 33.9 Å². The van der Waals surface area contributed by atoms with E-state index < -0.39 is 10.0 Å².